The van der Waals surface area contributed by atoms with E-state index >= 15 is 0 Å². The summed E-state index contributed by atoms with van der Waals surface area (Å²) < 4.78 is 65.5. The zero-order valence-corrected chi connectivity index (χ0v) is 20.8. The number of alkyl halides is 4. The van der Waals surface area contributed by atoms with Gasteiger partial charge in [0, 0.05) is 0 Å². The molecule has 3 aromatic carbocycles. The van der Waals surface area contributed by atoms with Crippen LogP contribution in [0, 0.1) is 0 Å². The number of esters is 2. The molecule has 0 bridgehead atoms. The summed E-state index contributed by atoms with van der Waals surface area (Å²) in [6.45, 7) is 1.11. The monoisotopic (exact) mass is 532 g/mol. The first-order chi connectivity index (χ1) is 18.2. The minimum atomic E-state index is -4.44. The summed E-state index contributed by atoms with van der Waals surface area (Å²) in [7, 11) is 0. The van der Waals surface area contributed by atoms with Crippen molar-refractivity contribution in [3.05, 3.63) is 83.9 Å². The summed E-state index contributed by atoms with van der Waals surface area (Å²) in [6, 6.07) is 19.4. The fourth-order valence-electron chi connectivity index (χ4n) is 3.39. The van der Waals surface area contributed by atoms with Crippen molar-refractivity contribution in [2.75, 3.05) is 13.2 Å². The summed E-state index contributed by atoms with van der Waals surface area (Å²) in [4.78, 5) is 24.3. The summed E-state index contributed by atoms with van der Waals surface area (Å²) in [5.74, 6) is -5.39. The SMILES string of the molecule is CCCCCCOc1ccc(-c2ccc(C(=O)Oc3ccc(C(=O)OCC(F)(F)C(F)F)cc3)cc2)cc1. The van der Waals surface area contributed by atoms with Crippen LogP contribution in [0.3, 0.4) is 0 Å². The van der Waals surface area contributed by atoms with Gasteiger partial charge in [0.2, 0.25) is 0 Å². The van der Waals surface area contributed by atoms with Crippen LogP contribution >= 0.6 is 0 Å². The number of carbonyl (C=O) groups is 2. The molecule has 0 aromatic heterocycles. The molecular formula is C29H28F4O5. The van der Waals surface area contributed by atoms with Crippen LogP contribution in [0.2, 0.25) is 0 Å². The van der Waals surface area contributed by atoms with Crippen molar-refractivity contribution in [2.45, 2.75) is 45.0 Å². The molecule has 0 saturated carbocycles. The lowest BCUT2D eigenvalue weighted by atomic mass is 10.0. The van der Waals surface area contributed by atoms with Gasteiger partial charge in [0.25, 0.3) is 0 Å². The Balaban J connectivity index is 1.52. The average Bonchev–Trinajstić information content (AvgIpc) is 2.92. The van der Waals surface area contributed by atoms with Gasteiger partial charge in [0.1, 0.15) is 11.5 Å². The first-order valence-electron chi connectivity index (χ1n) is 12.2. The molecule has 9 heteroatoms. The minimum absolute atomic E-state index is 0.0961. The van der Waals surface area contributed by atoms with E-state index in [9.17, 15) is 27.2 Å². The first-order valence-corrected chi connectivity index (χ1v) is 12.2. The van der Waals surface area contributed by atoms with Gasteiger partial charge >= 0.3 is 24.3 Å². The van der Waals surface area contributed by atoms with Gasteiger partial charge in [-0.3, -0.25) is 0 Å². The number of ether oxygens (including phenoxy) is 3. The Labute approximate surface area is 218 Å². The van der Waals surface area contributed by atoms with E-state index in [1.54, 1.807) is 24.3 Å². The number of halogens is 4. The molecule has 0 fully saturated rings. The molecule has 0 saturated heterocycles. The number of benzene rings is 3. The molecule has 0 aliphatic heterocycles. The predicted molar refractivity (Wildman–Crippen MR) is 134 cm³/mol. The normalized spacial score (nSPS) is 11.3. The highest BCUT2D eigenvalue weighted by molar-refractivity contribution is 5.92. The summed E-state index contributed by atoms with van der Waals surface area (Å²) in [5.41, 5.74) is 1.99. The lowest BCUT2D eigenvalue weighted by Crippen LogP contribution is -2.33. The second-order valence-corrected chi connectivity index (χ2v) is 8.56. The molecular weight excluding hydrogens is 504 g/mol. The molecule has 3 aromatic rings. The Hall–Kier alpha value is -3.88. The Morgan fingerprint density at radius 2 is 1.26 bits per heavy atom. The van der Waals surface area contributed by atoms with E-state index in [-0.39, 0.29) is 11.3 Å². The molecule has 0 amide bonds. The van der Waals surface area contributed by atoms with Crippen molar-refractivity contribution in [3.63, 3.8) is 0 Å². The topological polar surface area (TPSA) is 61.8 Å². The van der Waals surface area contributed by atoms with E-state index in [0.29, 0.717) is 12.2 Å². The van der Waals surface area contributed by atoms with E-state index in [2.05, 4.69) is 11.7 Å². The van der Waals surface area contributed by atoms with Gasteiger partial charge in [-0.05, 0) is 66.1 Å². The van der Waals surface area contributed by atoms with Crippen molar-refractivity contribution >= 4 is 11.9 Å². The van der Waals surface area contributed by atoms with Crippen LogP contribution in [0.5, 0.6) is 11.5 Å². The highest BCUT2D eigenvalue weighted by Crippen LogP contribution is 2.25. The fourth-order valence-corrected chi connectivity index (χ4v) is 3.39. The number of carbonyl (C=O) groups excluding carboxylic acids is 2. The lowest BCUT2D eigenvalue weighted by molar-refractivity contribution is -0.155. The van der Waals surface area contributed by atoms with Crippen LogP contribution < -0.4 is 9.47 Å². The highest BCUT2D eigenvalue weighted by atomic mass is 19.3. The second-order valence-electron chi connectivity index (χ2n) is 8.56. The third-order valence-corrected chi connectivity index (χ3v) is 5.59. The molecule has 0 unspecified atom stereocenters. The molecule has 0 N–H and O–H groups in total. The van der Waals surface area contributed by atoms with Gasteiger partial charge in [0.15, 0.2) is 6.61 Å². The zero-order chi connectivity index (χ0) is 27.5. The van der Waals surface area contributed by atoms with E-state index < -0.39 is 30.9 Å². The van der Waals surface area contributed by atoms with E-state index in [0.717, 1.165) is 29.7 Å². The molecule has 0 radical (unpaired) electrons. The second kappa shape index (κ2) is 13.6. The minimum Gasteiger partial charge on any atom is -0.494 e. The molecule has 0 aliphatic carbocycles. The van der Waals surface area contributed by atoms with Crippen molar-refractivity contribution in [3.8, 4) is 22.6 Å². The summed E-state index contributed by atoms with van der Waals surface area (Å²) >= 11 is 0. The van der Waals surface area contributed by atoms with E-state index in [4.69, 9.17) is 9.47 Å². The lowest BCUT2D eigenvalue weighted by Gasteiger charge is -2.15. The van der Waals surface area contributed by atoms with Crippen LogP contribution in [0.4, 0.5) is 17.6 Å². The van der Waals surface area contributed by atoms with Crippen molar-refractivity contribution in [1.29, 1.82) is 0 Å². The molecule has 5 nitrogen and oxygen atoms in total. The number of rotatable bonds is 13. The third kappa shape index (κ3) is 8.33. The number of hydrogen-bond donors (Lipinski definition) is 0. The molecule has 0 heterocycles. The Kier molecular flexibility index (Phi) is 10.3. The van der Waals surface area contributed by atoms with Gasteiger partial charge in [-0.2, -0.15) is 8.78 Å². The van der Waals surface area contributed by atoms with Gasteiger partial charge in [-0.15, -0.1) is 0 Å². The van der Waals surface area contributed by atoms with Crippen LogP contribution in [-0.2, 0) is 4.74 Å². The van der Waals surface area contributed by atoms with Gasteiger partial charge in [-0.25, -0.2) is 18.4 Å². The van der Waals surface area contributed by atoms with Crippen molar-refractivity contribution < 1.29 is 41.4 Å². The third-order valence-electron chi connectivity index (χ3n) is 5.59. The maximum absolute atomic E-state index is 12.9. The fraction of sp³-hybridized carbons (Fsp3) is 0.310. The Bertz CT molecular complexity index is 1180. The molecule has 0 aliphatic rings. The maximum Gasteiger partial charge on any atom is 0.343 e. The Morgan fingerprint density at radius 1 is 0.737 bits per heavy atom. The van der Waals surface area contributed by atoms with Gasteiger partial charge < -0.3 is 14.2 Å². The number of unbranched alkanes of at least 4 members (excludes halogenated alkanes) is 3. The maximum atomic E-state index is 12.9. The van der Waals surface area contributed by atoms with E-state index in [1.165, 1.54) is 37.1 Å². The summed E-state index contributed by atoms with van der Waals surface area (Å²) in [6.07, 6.45) is 0.607. The molecule has 3 rings (SSSR count). The molecule has 202 valence electrons. The van der Waals surface area contributed by atoms with Gasteiger partial charge in [0.05, 0.1) is 17.7 Å². The first kappa shape index (κ1) is 28.7. The van der Waals surface area contributed by atoms with E-state index in [1.807, 2.05) is 24.3 Å². The van der Waals surface area contributed by atoms with Crippen LogP contribution in [0.25, 0.3) is 11.1 Å². The van der Waals surface area contributed by atoms with Crippen molar-refractivity contribution in [1.82, 2.24) is 0 Å². The smallest absolute Gasteiger partial charge is 0.343 e. The average molecular weight is 533 g/mol. The largest absolute Gasteiger partial charge is 0.494 e. The number of hydrogen-bond acceptors (Lipinski definition) is 5. The summed E-state index contributed by atoms with van der Waals surface area (Å²) in [5, 5.41) is 0. The van der Waals surface area contributed by atoms with Crippen LogP contribution in [0.15, 0.2) is 72.8 Å². The molecule has 0 atom stereocenters. The molecule has 0 spiro atoms. The highest BCUT2D eigenvalue weighted by Gasteiger charge is 2.42. The van der Waals surface area contributed by atoms with Gasteiger partial charge in [-0.1, -0.05) is 50.5 Å². The van der Waals surface area contributed by atoms with Crippen LogP contribution in [-0.4, -0.2) is 37.5 Å². The quantitative estimate of drug-likeness (QED) is 0.0982. The zero-order valence-electron chi connectivity index (χ0n) is 20.8. The Morgan fingerprint density at radius 3 is 1.84 bits per heavy atom. The van der Waals surface area contributed by atoms with Crippen LogP contribution in [0.1, 0.15) is 53.3 Å². The molecule has 38 heavy (non-hydrogen) atoms. The standard InChI is InChI=1S/C29H28F4O5/c1-2-3-4-5-18-36-24-14-10-21(11-15-24)20-6-8-23(9-7-20)27(35)38-25-16-12-22(13-17-25)26(34)37-19-29(32,33)28(30)31/h6-17,28H,2-5,18-19H2,1H3. The predicted octanol–water partition coefficient (Wildman–Crippen LogP) is 7.59. The van der Waals surface area contributed by atoms with Crippen molar-refractivity contribution in [2.24, 2.45) is 0 Å².